The summed E-state index contributed by atoms with van der Waals surface area (Å²) in [5, 5.41) is 33.3. The Kier molecular flexibility index (Phi) is 20.1. The van der Waals surface area contributed by atoms with E-state index in [2.05, 4.69) is 12.2 Å². The third kappa shape index (κ3) is 63.2. The van der Waals surface area contributed by atoms with Crippen molar-refractivity contribution in [3.8, 4) is 0 Å². The molecule has 15 heavy (non-hydrogen) atoms. The predicted octanol–water partition coefficient (Wildman–Crippen LogP) is -2.78. The van der Waals surface area contributed by atoms with Gasteiger partial charge in [-0.25, -0.2) is 0 Å². The summed E-state index contributed by atoms with van der Waals surface area (Å²) in [6.07, 6.45) is 5.33. The molecular formula is C8H10MoO6. The van der Waals surface area contributed by atoms with Gasteiger partial charge in [0.2, 0.25) is 0 Å². The van der Waals surface area contributed by atoms with E-state index in [1.54, 1.807) is 0 Å². The quantitative estimate of drug-likeness (QED) is 0.351. The standard InChI is InChI=1S/C6H10.2CH2O3.Mo/c1-2-4-6-5-3-1;2*2-1(3)4;/h1-2H,3-6H2;2*(H2,2,3,4);/q;;;+4/p-4. The molecule has 0 spiro atoms. The summed E-state index contributed by atoms with van der Waals surface area (Å²) in [7, 11) is 0. The molecule has 0 N–H and O–H groups in total. The van der Waals surface area contributed by atoms with Gasteiger partial charge in [-0.15, -0.1) is 0 Å². The van der Waals surface area contributed by atoms with Gasteiger partial charge in [0.1, 0.15) is 0 Å². The summed E-state index contributed by atoms with van der Waals surface area (Å²) < 4.78 is 0. The largest absolute Gasteiger partial charge is 4.00 e. The molecule has 1 aliphatic carbocycles. The fourth-order valence-electron chi connectivity index (χ4n) is 0.760. The molecule has 0 radical (unpaired) electrons. The van der Waals surface area contributed by atoms with Crippen LogP contribution >= 0.6 is 0 Å². The van der Waals surface area contributed by atoms with Gasteiger partial charge in [-0.2, -0.15) is 0 Å². The number of rotatable bonds is 0. The molecule has 7 heteroatoms. The van der Waals surface area contributed by atoms with Crippen LogP contribution in [0.4, 0.5) is 9.59 Å². The second-order valence-corrected chi connectivity index (χ2v) is 2.26. The van der Waals surface area contributed by atoms with Crippen LogP contribution in [0.3, 0.4) is 0 Å². The van der Waals surface area contributed by atoms with Gasteiger partial charge in [-0.05, 0) is 38.0 Å². The van der Waals surface area contributed by atoms with Crippen LogP contribution in [0.1, 0.15) is 25.7 Å². The van der Waals surface area contributed by atoms with Crippen molar-refractivity contribution in [1.29, 1.82) is 0 Å². The zero-order chi connectivity index (χ0) is 11.4. The van der Waals surface area contributed by atoms with E-state index in [0.29, 0.717) is 0 Å². The number of carbonyl (C=O) groups excluding carboxylic acids is 2. The minimum absolute atomic E-state index is 0. The van der Waals surface area contributed by atoms with Crippen LogP contribution in [-0.2, 0) is 21.1 Å². The average molecular weight is 298 g/mol. The van der Waals surface area contributed by atoms with Gasteiger partial charge in [0, 0.05) is 0 Å². The Morgan fingerprint density at radius 3 is 1.07 bits per heavy atom. The SMILES string of the molecule is C1=CCCCC1.O=C([O-])[O-].O=C([O-])[O-].[Mo+4]. The first-order valence-electron chi connectivity index (χ1n) is 3.87. The molecule has 0 aromatic rings. The summed E-state index contributed by atoms with van der Waals surface area (Å²) in [6.45, 7) is 0. The topological polar surface area (TPSA) is 126 Å². The Hall–Kier alpha value is -1.03. The van der Waals surface area contributed by atoms with Crippen LogP contribution in [0.15, 0.2) is 12.2 Å². The smallest absolute Gasteiger partial charge is 0.652 e. The van der Waals surface area contributed by atoms with Gasteiger partial charge in [-0.1, -0.05) is 12.2 Å². The molecule has 0 unspecified atom stereocenters. The summed E-state index contributed by atoms with van der Waals surface area (Å²) in [6, 6.07) is 0. The first-order valence-corrected chi connectivity index (χ1v) is 3.87. The van der Waals surface area contributed by atoms with Crippen LogP contribution in [0.25, 0.3) is 0 Å². The zero-order valence-electron chi connectivity index (χ0n) is 7.84. The van der Waals surface area contributed by atoms with Crippen molar-refractivity contribution in [2.75, 3.05) is 0 Å². The maximum Gasteiger partial charge on any atom is 4.00 e. The van der Waals surface area contributed by atoms with Crippen molar-refractivity contribution in [2.24, 2.45) is 0 Å². The molecular weight excluding hydrogens is 288 g/mol. The second-order valence-electron chi connectivity index (χ2n) is 2.26. The molecule has 0 aromatic heterocycles. The van der Waals surface area contributed by atoms with Crippen molar-refractivity contribution < 1.29 is 51.1 Å². The Morgan fingerprint density at radius 2 is 1.00 bits per heavy atom. The van der Waals surface area contributed by atoms with Gasteiger partial charge in [0.25, 0.3) is 0 Å². The summed E-state index contributed by atoms with van der Waals surface area (Å²) in [5.74, 6) is 0. The Balaban J connectivity index is -0.000000145. The molecule has 0 heterocycles. The van der Waals surface area contributed by atoms with E-state index < -0.39 is 12.3 Å². The minimum Gasteiger partial charge on any atom is -0.652 e. The van der Waals surface area contributed by atoms with Crippen molar-refractivity contribution >= 4 is 12.3 Å². The van der Waals surface area contributed by atoms with Gasteiger partial charge in [0.05, 0.1) is 0 Å². The first kappa shape index (κ1) is 19.5. The molecule has 84 valence electrons. The molecule has 1 rings (SSSR count). The van der Waals surface area contributed by atoms with E-state index in [-0.39, 0.29) is 21.1 Å². The molecule has 0 atom stereocenters. The van der Waals surface area contributed by atoms with Gasteiger partial charge < -0.3 is 30.0 Å². The third-order valence-corrected chi connectivity index (χ3v) is 1.16. The van der Waals surface area contributed by atoms with Gasteiger partial charge >= 0.3 is 21.1 Å². The molecule has 6 nitrogen and oxygen atoms in total. The van der Waals surface area contributed by atoms with Crippen LogP contribution in [0.2, 0.25) is 0 Å². The average Bonchev–Trinajstić information content (AvgIpc) is 2.05. The maximum absolute atomic E-state index is 8.33. The van der Waals surface area contributed by atoms with E-state index in [9.17, 15) is 0 Å². The van der Waals surface area contributed by atoms with E-state index in [1.807, 2.05) is 0 Å². The summed E-state index contributed by atoms with van der Waals surface area (Å²) in [4.78, 5) is 16.7. The van der Waals surface area contributed by atoms with Crippen LogP contribution in [0, 0.1) is 0 Å². The van der Waals surface area contributed by atoms with Crippen molar-refractivity contribution in [2.45, 2.75) is 25.7 Å². The molecule has 0 saturated heterocycles. The predicted molar refractivity (Wildman–Crippen MR) is 38.4 cm³/mol. The molecule has 0 aromatic carbocycles. The van der Waals surface area contributed by atoms with E-state index in [4.69, 9.17) is 30.0 Å². The Morgan fingerprint density at radius 1 is 0.800 bits per heavy atom. The Bertz CT molecular complexity index is 164. The van der Waals surface area contributed by atoms with E-state index >= 15 is 0 Å². The van der Waals surface area contributed by atoms with Crippen molar-refractivity contribution in [3.05, 3.63) is 12.2 Å². The minimum atomic E-state index is -2.33. The first-order chi connectivity index (χ1) is 6.46. The fraction of sp³-hybridized carbons (Fsp3) is 0.500. The van der Waals surface area contributed by atoms with E-state index in [1.165, 1.54) is 25.7 Å². The fourth-order valence-corrected chi connectivity index (χ4v) is 0.760. The summed E-state index contributed by atoms with van der Waals surface area (Å²) >= 11 is 0. The monoisotopic (exact) mass is 300 g/mol. The van der Waals surface area contributed by atoms with Gasteiger partial charge in [0.15, 0.2) is 0 Å². The molecule has 1 aliphatic rings. The number of hydrogen-bond acceptors (Lipinski definition) is 6. The Labute approximate surface area is 101 Å². The van der Waals surface area contributed by atoms with Crippen LogP contribution in [-0.4, -0.2) is 12.3 Å². The second kappa shape index (κ2) is 15.4. The number of hydrogen-bond donors (Lipinski definition) is 0. The number of carbonyl (C=O) groups is 2. The molecule has 0 aliphatic heterocycles. The molecule has 0 fully saturated rings. The number of carboxylic acid groups (broad SMARTS) is 4. The molecule has 0 saturated carbocycles. The third-order valence-electron chi connectivity index (χ3n) is 1.16. The molecule has 0 bridgehead atoms. The zero-order valence-corrected chi connectivity index (χ0v) is 9.85. The van der Waals surface area contributed by atoms with E-state index in [0.717, 1.165) is 0 Å². The number of allylic oxidation sites excluding steroid dienone is 2. The summed E-state index contributed by atoms with van der Waals surface area (Å²) in [5.41, 5.74) is 0. The molecule has 0 amide bonds. The van der Waals surface area contributed by atoms with Gasteiger partial charge in [-0.3, -0.25) is 0 Å². The van der Waals surface area contributed by atoms with Crippen LogP contribution < -0.4 is 20.4 Å². The van der Waals surface area contributed by atoms with Crippen molar-refractivity contribution in [3.63, 3.8) is 0 Å². The maximum atomic E-state index is 8.33. The van der Waals surface area contributed by atoms with Crippen LogP contribution in [0.5, 0.6) is 0 Å². The van der Waals surface area contributed by atoms with Crippen molar-refractivity contribution in [1.82, 2.24) is 0 Å². The normalized spacial score (nSPS) is 11.7.